The molecule has 1 heterocycles. The lowest BCUT2D eigenvalue weighted by atomic mass is 9.76. The smallest absolute Gasteiger partial charge is 0.168 e. The molecule has 0 amide bonds. The van der Waals surface area contributed by atoms with Gasteiger partial charge in [-0.05, 0) is 63.7 Å². The summed E-state index contributed by atoms with van der Waals surface area (Å²) in [4.78, 5) is 13.2. The number of carbonyl (C=O) groups excluding carboxylic acids is 1. The first kappa shape index (κ1) is 25.7. The second-order valence-electron chi connectivity index (χ2n) is 11.2. The van der Waals surface area contributed by atoms with Crippen LogP contribution < -0.4 is 0 Å². The molecule has 0 saturated carbocycles. The third-order valence-electron chi connectivity index (χ3n) is 8.72. The average molecular weight is 563 g/mol. The number of hydrogen-bond acceptors (Lipinski definition) is 2. The molecule has 0 radical (unpaired) electrons. The number of ketones is 1. The van der Waals surface area contributed by atoms with E-state index in [1.165, 1.54) is 28.0 Å². The first-order valence-corrected chi connectivity index (χ1v) is 14.7. The fourth-order valence-electron chi connectivity index (χ4n) is 6.73. The van der Waals surface area contributed by atoms with Crippen molar-refractivity contribution in [3.05, 3.63) is 168 Å². The summed E-state index contributed by atoms with van der Waals surface area (Å²) >= 11 is 0. The van der Waals surface area contributed by atoms with Crippen molar-refractivity contribution in [2.45, 2.75) is 5.92 Å². The predicted molar refractivity (Wildman–Crippen MR) is 179 cm³/mol. The van der Waals surface area contributed by atoms with Crippen LogP contribution in [0.2, 0.25) is 0 Å². The maximum atomic E-state index is 13.2. The monoisotopic (exact) mass is 562 g/mol. The second-order valence-corrected chi connectivity index (χ2v) is 11.2. The third kappa shape index (κ3) is 4.08. The molecule has 206 valence electrons. The minimum Gasteiger partial charge on any atom is -0.309 e. The van der Waals surface area contributed by atoms with Crippen LogP contribution in [0.15, 0.2) is 152 Å². The molecule has 1 aromatic heterocycles. The Labute approximate surface area is 255 Å². The van der Waals surface area contributed by atoms with E-state index in [1.54, 1.807) is 0 Å². The molecule has 0 spiro atoms. The molecule has 6 aromatic carbocycles. The van der Waals surface area contributed by atoms with Gasteiger partial charge in [0.05, 0.1) is 28.6 Å². The van der Waals surface area contributed by atoms with Gasteiger partial charge < -0.3 is 4.57 Å². The average Bonchev–Trinajstić information content (AvgIpc) is 3.42. The van der Waals surface area contributed by atoms with Gasteiger partial charge >= 0.3 is 0 Å². The van der Waals surface area contributed by atoms with Crippen LogP contribution in [-0.2, 0) is 4.79 Å². The summed E-state index contributed by atoms with van der Waals surface area (Å²) in [6, 6.07) is 52.4. The topological polar surface area (TPSA) is 45.8 Å². The van der Waals surface area contributed by atoms with E-state index in [2.05, 4.69) is 102 Å². The largest absolute Gasteiger partial charge is 0.309 e. The normalized spacial score (nSPS) is 14.3. The van der Waals surface area contributed by atoms with E-state index in [0.29, 0.717) is 5.57 Å². The van der Waals surface area contributed by atoms with E-state index < -0.39 is 5.92 Å². The van der Waals surface area contributed by atoms with Crippen LogP contribution in [0.5, 0.6) is 0 Å². The molecule has 0 N–H and O–H groups in total. The van der Waals surface area contributed by atoms with Crippen molar-refractivity contribution in [3.8, 4) is 34.0 Å². The first-order chi connectivity index (χ1) is 21.7. The minimum atomic E-state index is -0.430. The van der Waals surface area contributed by atoms with Crippen molar-refractivity contribution in [3.63, 3.8) is 0 Å². The fraction of sp³-hybridized carbons (Fsp3) is 0.0244. The number of hydrogen-bond donors (Lipinski definition) is 0. The van der Waals surface area contributed by atoms with Crippen LogP contribution >= 0.6 is 0 Å². The summed E-state index contributed by atoms with van der Waals surface area (Å²) in [6.07, 6.45) is 1.51. The van der Waals surface area contributed by atoms with Crippen LogP contribution in [0.4, 0.5) is 0 Å². The fourth-order valence-corrected chi connectivity index (χ4v) is 6.73. The second kappa shape index (κ2) is 10.4. The molecule has 3 nitrogen and oxygen atoms in total. The summed E-state index contributed by atoms with van der Waals surface area (Å²) in [6.45, 7) is 0. The molecule has 0 aliphatic heterocycles. The zero-order valence-electron chi connectivity index (χ0n) is 23.8. The van der Waals surface area contributed by atoms with E-state index >= 15 is 0 Å². The van der Waals surface area contributed by atoms with E-state index in [1.807, 2.05) is 54.6 Å². The lowest BCUT2D eigenvalue weighted by molar-refractivity contribution is -0.115. The molecule has 7 aromatic rings. The number of nitriles is 1. The summed E-state index contributed by atoms with van der Waals surface area (Å²) < 4.78 is 2.31. The van der Waals surface area contributed by atoms with Gasteiger partial charge in [-0.3, -0.25) is 4.79 Å². The maximum Gasteiger partial charge on any atom is 0.168 e. The Morgan fingerprint density at radius 2 is 1.27 bits per heavy atom. The Bertz CT molecular complexity index is 2290. The summed E-state index contributed by atoms with van der Waals surface area (Å²) in [5.74, 6) is -0.490. The molecular weight excluding hydrogens is 536 g/mol. The van der Waals surface area contributed by atoms with E-state index in [0.717, 1.165) is 44.5 Å². The van der Waals surface area contributed by atoms with Crippen LogP contribution in [0.25, 0.3) is 55.3 Å². The number of fused-ring (bicyclic) bond motifs is 4. The molecule has 1 unspecified atom stereocenters. The standard InChI is InChI=1S/C41H26N2O/c42-26-31-25-39(44)41(29-12-5-2-6-13-29)35-16-9-15-33(40(31)35)28-18-21-32(22-19-28)43-37-17-8-7-14-34(37)36-24-30(20-23-38(36)43)27-10-3-1-4-11-27/h1-25,41H. The highest BCUT2D eigenvalue weighted by molar-refractivity contribution is 6.12. The van der Waals surface area contributed by atoms with Crippen LogP contribution in [0.3, 0.4) is 0 Å². The van der Waals surface area contributed by atoms with Gasteiger partial charge in [0.2, 0.25) is 0 Å². The number of benzene rings is 6. The molecule has 3 heteroatoms. The molecule has 0 saturated heterocycles. The number of nitrogens with zero attached hydrogens (tertiary/aromatic N) is 2. The number of aromatic nitrogens is 1. The Hall–Kier alpha value is -5.98. The Morgan fingerprint density at radius 1 is 0.591 bits per heavy atom. The summed E-state index contributed by atoms with van der Waals surface area (Å²) in [5.41, 5.74) is 10.7. The molecule has 8 rings (SSSR count). The van der Waals surface area contributed by atoms with E-state index in [9.17, 15) is 10.1 Å². The van der Waals surface area contributed by atoms with Gasteiger partial charge in [0.15, 0.2) is 5.78 Å². The van der Waals surface area contributed by atoms with E-state index in [4.69, 9.17) is 0 Å². The van der Waals surface area contributed by atoms with Gasteiger partial charge in [0, 0.05) is 28.1 Å². The van der Waals surface area contributed by atoms with Crippen molar-refractivity contribution in [2.75, 3.05) is 0 Å². The Morgan fingerprint density at radius 3 is 2.05 bits per heavy atom. The highest BCUT2D eigenvalue weighted by Gasteiger charge is 2.31. The lowest BCUT2D eigenvalue weighted by Crippen LogP contribution is -2.18. The zero-order chi connectivity index (χ0) is 29.6. The van der Waals surface area contributed by atoms with Gasteiger partial charge in [-0.1, -0.05) is 115 Å². The van der Waals surface area contributed by atoms with Gasteiger partial charge in [0.1, 0.15) is 0 Å². The van der Waals surface area contributed by atoms with Crippen LogP contribution in [0, 0.1) is 11.3 Å². The van der Waals surface area contributed by atoms with Crippen molar-refractivity contribution < 1.29 is 4.79 Å². The Balaban J connectivity index is 1.25. The number of rotatable bonds is 4. The van der Waals surface area contributed by atoms with Crippen molar-refractivity contribution in [1.82, 2.24) is 4.57 Å². The molecule has 0 bridgehead atoms. The SMILES string of the molecule is N#CC1=CC(=O)C(c2ccccc2)c2cccc(-c3ccc(-n4c5ccccc5c5cc(-c6ccccc6)ccc54)cc3)c21. The van der Waals surface area contributed by atoms with Gasteiger partial charge in [-0.2, -0.15) is 5.26 Å². The molecular formula is C41H26N2O. The predicted octanol–water partition coefficient (Wildman–Crippen LogP) is 9.74. The molecule has 1 aliphatic carbocycles. The molecule has 1 aliphatic rings. The van der Waals surface area contributed by atoms with Gasteiger partial charge in [0.25, 0.3) is 0 Å². The lowest BCUT2D eigenvalue weighted by Gasteiger charge is -2.25. The molecule has 1 atom stereocenters. The highest BCUT2D eigenvalue weighted by Crippen LogP contribution is 2.42. The third-order valence-corrected chi connectivity index (χ3v) is 8.72. The van der Waals surface area contributed by atoms with Crippen molar-refractivity contribution in [2.24, 2.45) is 0 Å². The number of allylic oxidation sites excluding steroid dienone is 2. The highest BCUT2D eigenvalue weighted by atomic mass is 16.1. The Kier molecular flexibility index (Phi) is 6.07. The van der Waals surface area contributed by atoms with Crippen LogP contribution in [0.1, 0.15) is 22.6 Å². The summed E-state index contributed by atoms with van der Waals surface area (Å²) in [5, 5.41) is 12.5. The minimum absolute atomic E-state index is 0.0606. The summed E-state index contributed by atoms with van der Waals surface area (Å²) in [7, 11) is 0. The number of para-hydroxylation sites is 1. The van der Waals surface area contributed by atoms with Gasteiger partial charge in [-0.25, -0.2) is 0 Å². The zero-order valence-corrected chi connectivity index (χ0v) is 23.8. The quantitative estimate of drug-likeness (QED) is 0.214. The first-order valence-electron chi connectivity index (χ1n) is 14.7. The van der Waals surface area contributed by atoms with Crippen molar-refractivity contribution >= 4 is 33.2 Å². The van der Waals surface area contributed by atoms with Crippen LogP contribution in [-0.4, -0.2) is 10.4 Å². The molecule has 0 fully saturated rings. The molecule has 44 heavy (non-hydrogen) atoms. The number of carbonyl (C=O) groups is 1. The van der Waals surface area contributed by atoms with Gasteiger partial charge in [-0.15, -0.1) is 0 Å². The maximum absolute atomic E-state index is 13.2. The van der Waals surface area contributed by atoms with E-state index in [-0.39, 0.29) is 5.78 Å². The van der Waals surface area contributed by atoms with Crippen molar-refractivity contribution in [1.29, 1.82) is 5.26 Å².